The van der Waals surface area contributed by atoms with Gasteiger partial charge in [0.05, 0.1) is 16.9 Å². The van der Waals surface area contributed by atoms with Gasteiger partial charge >= 0.3 is 6.18 Å². The second kappa shape index (κ2) is 7.25. The number of alkyl halides is 3. The predicted molar refractivity (Wildman–Crippen MR) is 86.1 cm³/mol. The molecule has 0 atom stereocenters. The van der Waals surface area contributed by atoms with E-state index in [2.05, 4.69) is 5.32 Å². The first kappa shape index (κ1) is 17.4. The number of nitrogens with one attached hydrogen (secondary N) is 1. The van der Waals surface area contributed by atoms with E-state index in [1.165, 1.54) is 12.3 Å². The molecule has 2 aliphatic rings. The molecule has 1 fully saturated rings. The third-order valence-corrected chi connectivity index (χ3v) is 4.14. The van der Waals surface area contributed by atoms with Crippen molar-refractivity contribution in [3.8, 4) is 0 Å². The van der Waals surface area contributed by atoms with Gasteiger partial charge in [-0.05, 0) is 37.5 Å². The lowest BCUT2D eigenvalue weighted by molar-refractivity contribution is -0.137. The van der Waals surface area contributed by atoms with Gasteiger partial charge in [-0.3, -0.25) is 4.79 Å². The maximum atomic E-state index is 13.1. The fraction of sp³-hybridized carbons (Fsp3) is 0.471. The molecule has 0 saturated carbocycles. The first-order valence-corrected chi connectivity index (χ1v) is 8.17. The van der Waals surface area contributed by atoms with Crippen LogP contribution in [0.5, 0.6) is 0 Å². The Kier molecular flexibility index (Phi) is 5.06. The van der Waals surface area contributed by atoms with Gasteiger partial charge in [-0.15, -0.1) is 0 Å². The number of piperidine rings is 1. The lowest BCUT2D eigenvalue weighted by atomic mass is 10.1. The normalized spacial score (nSPS) is 18.0. The molecular weight excluding hydrogens is 337 g/mol. The smallest absolute Gasteiger partial charge is 0.416 e. The van der Waals surface area contributed by atoms with E-state index in [0.29, 0.717) is 12.3 Å². The zero-order chi connectivity index (χ0) is 17.9. The van der Waals surface area contributed by atoms with E-state index >= 15 is 0 Å². The lowest BCUT2D eigenvalue weighted by Gasteiger charge is -2.31. The molecule has 1 aromatic rings. The summed E-state index contributed by atoms with van der Waals surface area (Å²) in [7, 11) is 0. The van der Waals surface area contributed by atoms with Crippen molar-refractivity contribution in [2.24, 2.45) is 0 Å². The first-order valence-electron chi connectivity index (χ1n) is 8.17. The lowest BCUT2D eigenvalue weighted by Crippen LogP contribution is -2.31. The number of hydrogen-bond donors (Lipinski definition) is 1. The molecule has 136 valence electrons. The molecule has 1 aromatic carbocycles. The number of amides is 1. The summed E-state index contributed by atoms with van der Waals surface area (Å²) in [6, 6.07) is 3.42. The molecule has 1 N–H and O–H groups in total. The van der Waals surface area contributed by atoms with Crippen LogP contribution in [0, 0.1) is 0 Å². The van der Waals surface area contributed by atoms with E-state index in [9.17, 15) is 18.0 Å². The Hall–Kier alpha value is -2.38. The first-order chi connectivity index (χ1) is 11.9. The van der Waals surface area contributed by atoms with E-state index in [1.54, 1.807) is 0 Å². The molecule has 0 spiro atoms. The second-order valence-electron chi connectivity index (χ2n) is 5.93. The van der Waals surface area contributed by atoms with Crippen LogP contribution in [-0.2, 0) is 20.4 Å². The number of carbonyl (C=O) groups is 1. The molecule has 5 nitrogen and oxygen atoms in total. The summed E-state index contributed by atoms with van der Waals surface area (Å²) in [5.74, 6) is -0.675. The summed E-state index contributed by atoms with van der Waals surface area (Å²) < 4.78 is 49.4. The maximum Gasteiger partial charge on any atom is 0.416 e. The second-order valence-corrected chi connectivity index (χ2v) is 5.93. The van der Waals surface area contributed by atoms with Crippen molar-refractivity contribution in [3.63, 3.8) is 0 Å². The molecule has 25 heavy (non-hydrogen) atoms. The van der Waals surface area contributed by atoms with Gasteiger partial charge in [0.25, 0.3) is 5.91 Å². The minimum absolute atomic E-state index is 0.0479. The molecule has 1 amide bonds. The number of nitrogens with zero attached hydrogens (tertiary/aromatic N) is 1. The molecule has 0 radical (unpaired) electrons. The Morgan fingerprint density at radius 2 is 1.88 bits per heavy atom. The van der Waals surface area contributed by atoms with Crippen LogP contribution < -0.4 is 10.2 Å². The quantitative estimate of drug-likeness (QED) is 0.900. The summed E-state index contributed by atoms with van der Waals surface area (Å²) in [6.07, 6.45) is -0.277. The van der Waals surface area contributed by atoms with E-state index < -0.39 is 17.6 Å². The van der Waals surface area contributed by atoms with E-state index in [4.69, 9.17) is 9.47 Å². The Balaban J connectivity index is 1.89. The van der Waals surface area contributed by atoms with Crippen LogP contribution in [-0.4, -0.2) is 32.2 Å². The highest BCUT2D eigenvalue weighted by molar-refractivity contribution is 6.04. The van der Waals surface area contributed by atoms with Gasteiger partial charge in [0.15, 0.2) is 0 Å². The van der Waals surface area contributed by atoms with Crippen LogP contribution in [0.2, 0.25) is 0 Å². The molecule has 2 aliphatic heterocycles. The Morgan fingerprint density at radius 3 is 2.52 bits per heavy atom. The molecule has 0 bridgehead atoms. The summed E-state index contributed by atoms with van der Waals surface area (Å²) in [4.78, 5) is 14.3. The van der Waals surface area contributed by atoms with Crippen LogP contribution in [0.1, 0.15) is 24.8 Å². The van der Waals surface area contributed by atoms with Crippen molar-refractivity contribution >= 4 is 17.3 Å². The van der Waals surface area contributed by atoms with Crippen molar-refractivity contribution in [3.05, 3.63) is 35.8 Å². The molecule has 1 saturated heterocycles. The van der Waals surface area contributed by atoms with Gasteiger partial charge < -0.3 is 19.7 Å². The maximum absolute atomic E-state index is 13.1. The van der Waals surface area contributed by atoms with Gasteiger partial charge in [-0.1, -0.05) is 0 Å². The predicted octanol–water partition coefficient (Wildman–Crippen LogP) is 3.52. The Morgan fingerprint density at radius 1 is 1.12 bits per heavy atom. The monoisotopic (exact) mass is 356 g/mol. The molecule has 0 unspecified atom stereocenters. The summed E-state index contributed by atoms with van der Waals surface area (Å²) in [5.41, 5.74) is -0.103. The van der Waals surface area contributed by atoms with Gasteiger partial charge in [-0.2, -0.15) is 13.2 Å². The number of halogens is 3. The third kappa shape index (κ3) is 4.18. The zero-order valence-electron chi connectivity index (χ0n) is 13.6. The van der Waals surface area contributed by atoms with Gasteiger partial charge in [0.1, 0.15) is 19.5 Å². The van der Waals surface area contributed by atoms with Gasteiger partial charge in [-0.25, -0.2) is 0 Å². The summed E-state index contributed by atoms with van der Waals surface area (Å²) in [5, 5.41) is 2.54. The number of hydrogen-bond acceptors (Lipinski definition) is 4. The fourth-order valence-electron chi connectivity index (χ4n) is 2.89. The number of rotatable bonds is 3. The minimum Gasteiger partial charge on any atom is -0.494 e. The van der Waals surface area contributed by atoms with Crippen LogP contribution in [0.3, 0.4) is 0 Å². The largest absolute Gasteiger partial charge is 0.494 e. The van der Waals surface area contributed by atoms with Crippen molar-refractivity contribution in [2.75, 3.05) is 36.5 Å². The van der Waals surface area contributed by atoms with Crippen LogP contribution >= 0.6 is 0 Å². The van der Waals surface area contributed by atoms with Crippen molar-refractivity contribution in [2.45, 2.75) is 25.4 Å². The molecular formula is C17H19F3N2O3. The van der Waals surface area contributed by atoms with E-state index in [0.717, 1.165) is 44.5 Å². The van der Waals surface area contributed by atoms with Gasteiger partial charge in [0.2, 0.25) is 5.76 Å². The zero-order valence-corrected chi connectivity index (χ0v) is 13.6. The van der Waals surface area contributed by atoms with E-state index in [1.807, 2.05) is 4.90 Å². The number of benzene rings is 1. The summed E-state index contributed by atoms with van der Waals surface area (Å²) >= 11 is 0. The summed E-state index contributed by atoms with van der Waals surface area (Å²) in [6.45, 7) is 2.05. The van der Waals surface area contributed by atoms with Crippen molar-refractivity contribution < 1.29 is 27.4 Å². The molecule has 2 heterocycles. The van der Waals surface area contributed by atoms with E-state index in [-0.39, 0.29) is 18.1 Å². The SMILES string of the molecule is O=C(Nc1cc(C(F)(F)F)ccc1N1CCCCC1)C1=COCCO1. The topological polar surface area (TPSA) is 50.8 Å². The number of anilines is 2. The van der Waals surface area contributed by atoms with Crippen molar-refractivity contribution in [1.29, 1.82) is 0 Å². The average Bonchev–Trinajstić information content (AvgIpc) is 2.62. The standard InChI is InChI=1S/C17H19F3N2O3/c18-17(19,20)12-4-5-14(22-6-2-1-3-7-22)13(10-12)21-16(23)15-11-24-8-9-25-15/h4-5,10-11H,1-3,6-9H2,(H,21,23). The Bertz CT molecular complexity index is 668. The van der Waals surface area contributed by atoms with Crippen LogP contribution in [0.15, 0.2) is 30.2 Å². The van der Waals surface area contributed by atoms with Gasteiger partial charge in [0, 0.05) is 13.1 Å². The van der Waals surface area contributed by atoms with Crippen LogP contribution in [0.25, 0.3) is 0 Å². The number of ether oxygens (including phenoxy) is 2. The highest BCUT2D eigenvalue weighted by Crippen LogP contribution is 2.36. The average molecular weight is 356 g/mol. The third-order valence-electron chi connectivity index (χ3n) is 4.14. The highest BCUT2D eigenvalue weighted by Gasteiger charge is 2.32. The highest BCUT2D eigenvalue weighted by atomic mass is 19.4. The number of carbonyl (C=O) groups excluding carboxylic acids is 1. The molecule has 0 aliphatic carbocycles. The Labute approximate surface area is 143 Å². The van der Waals surface area contributed by atoms with Crippen molar-refractivity contribution in [1.82, 2.24) is 0 Å². The fourth-order valence-corrected chi connectivity index (χ4v) is 2.89. The molecule has 3 rings (SSSR count). The molecule has 8 heteroatoms. The minimum atomic E-state index is -4.48. The van der Waals surface area contributed by atoms with Crippen LogP contribution in [0.4, 0.5) is 24.5 Å². The molecule has 0 aromatic heterocycles.